The van der Waals surface area contributed by atoms with E-state index in [1.54, 1.807) is 11.9 Å². The molecule has 0 unspecified atom stereocenters. The third kappa shape index (κ3) is 2.88. The van der Waals surface area contributed by atoms with Crippen molar-refractivity contribution in [2.24, 2.45) is 0 Å². The van der Waals surface area contributed by atoms with Crippen molar-refractivity contribution in [1.82, 2.24) is 0 Å². The van der Waals surface area contributed by atoms with Gasteiger partial charge in [-0.15, -0.1) is 0 Å². The predicted molar refractivity (Wildman–Crippen MR) is 72.8 cm³/mol. The van der Waals surface area contributed by atoms with E-state index in [4.69, 9.17) is 5.11 Å². The maximum Gasteiger partial charge on any atom is 0.323 e. The predicted octanol–water partition coefficient (Wildman–Crippen LogP) is 2.87. The zero-order chi connectivity index (χ0) is 13.0. The van der Waals surface area contributed by atoms with E-state index < -0.39 is 5.97 Å². The molecule has 0 atom stereocenters. The normalized spacial score (nSPS) is 10.1. The molecule has 0 aliphatic carbocycles. The molecule has 0 fully saturated rings. The Bertz CT molecular complexity index is 537. The summed E-state index contributed by atoms with van der Waals surface area (Å²) in [6.45, 7) is -0.00174. The number of likely N-dealkylation sites (N-methyl/N-ethyl adjacent to an activating group) is 1. The lowest BCUT2D eigenvalue weighted by Gasteiger charge is -2.17. The second-order valence-corrected chi connectivity index (χ2v) is 4.17. The van der Waals surface area contributed by atoms with E-state index in [0.29, 0.717) is 0 Å². The van der Waals surface area contributed by atoms with Crippen LogP contribution in [0.1, 0.15) is 0 Å². The van der Waals surface area contributed by atoms with Gasteiger partial charge in [0, 0.05) is 12.7 Å². The standard InChI is InChI=1S/C15H15NO2/c1-16(11-15(17)18)14-9-5-8-13(10-14)12-6-3-2-4-7-12/h2-10H,11H2,1H3,(H,17,18). The lowest BCUT2D eigenvalue weighted by Crippen LogP contribution is -2.24. The Balaban J connectivity index is 2.28. The summed E-state index contributed by atoms with van der Waals surface area (Å²) in [4.78, 5) is 12.4. The Kier molecular flexibility index (Phi) is 3.63. The van der Waals surface area contributed by atoms with Crippen molar-refractivity contribution in [1.29, 1.82) is 0 Å². The van der Waals surface area contributed by atoms with Crippen molar-refractivity contribution in [2.75, 3.05) is 18.5 Å². The lowest BCUT2D eigenvalue weighted by molar-refractivity contribution is -0.135. The first-order valence-corrected chi connectivity index (χ1v) is 5.75. The topological polar surface area (TPSA) is 40.5 Å². The molecule has 3 nitrogen and oxygen atoms in total. The molecule has 18 heavy (non-hydrogen) atoms. The van der Waals surface area contributed by atoms with Gasteiger partial charge >= 0.3 is 5.97 Å². The Hall–Kier alpha value is -2.29. The molecule has 2 rings (SSSR count). The minimum Gasteiger partial charge on any atom is -0.480 e. The Morgan fingerprint density at radius 1 is 1.06 bits per heavy atom. The van der Waals surface area contributed by atoms with Gasteiger partial charge in [-0.1, -0.05) is 42.5 Å². The number of anilines is 1. The summed E-state index contributed by atoms with van der Waals surface area (Å²) in [6.07, 6.45) is 0. The summed E-state index contributed by atoms with van der Waals surface area (Å²) < 4.78 is 0. The van der Waals surface area contributed by atoms with Gasteiger partial charge in [0.15, 0.2) is 0 Å². The largest absolute Gasteiger partial charge is 0.480 e. The molecule has 0 bridgehead atoms. The van der Waals surface area contributed by atoms with E-state index in [0.717, 1.165) is 16.8 Å². The molecule has 0 amide bonds. The van der Waals surface area contributed by atoms with E-state index in [1.807, 2.05) is 54.6 Å². The molecule has 0 saturated heterocycles. The van der Waals surface area contributed by atoms with Crippen molar-refractivity contribution in [3.05, 3.63) is 54.6 Å². The second kappa shape index (κ2) is 5.36. The average Bonchev–Trinajstić information content (AvgIpc) is 2.39. The van der Waals surface area contributed by atoms with Gasteiger partial charge in [-0.05, 0) is 23.3 Å². The maximum absolute atomic E-state index is 10.7. The molecule has 92 valence electrons. The SMILES string of the molecule is CN(CC(=O)O)c1cccc(-c2ccccc2)c1. The summed E-state index contributed by atoms with van der Waals surface area (Å²) in [6, 6.07) is 17.9. The summed E-state index contributed by atoms with van der Waals surface area (Å²) in [5.74, 6) is -0.831. The van der Waals surface area contributed by atoms with Gasteiger partial charge < -0.3 is 10.0 Å². The Labute approximate surface area is 106 Å². The Morgan fingerprint density at radius 3 is 2.39 bits per heavy atom. The van der Waals surface area contributed by atoms with Crippen molar-refractivity contribution in [2.45, 2.75) is 0 Å². The maximum atomic E-state index is 10.7. The number of carbonyl (C=O) groups is 1. The second-order valence-electron chi connectivity index (χ2n) is 4.17. The van der Waals surface area contributed by atoms with Gasteiger partial charge in [-0.2, -0.15) is 0 Å². The van der Waals surface area contributed by atoms with Gasteiger partial charge in [0.2, 0.25) is 0 Å². The molecule has 0 spiro atoms. The average molecular weight is 241 g/mol. The van der Waals surface area contributed by atoms with Crippen LogP contribution in [0.25, 0.3) is 11.1 Å². The highest BCUT2D eigenvalue weighted by atomic mass is 16.4. The fourth-order valence-electron chi connectivity index (χ4n) is 1.85. The van der Waals surface area contributed by atoms with Crippen LogP contribution in [0, 0.1) is 0 Å². The fraction of sp³-hybridized carbons (Fsp3) is 0.133. The van der Waals surface area contributed by atoms with E-state index >= 15 is 0 Å². The summed E-state index contributed by atoms with van der Waals surface area (Å²) in [7, 11) is 1.78. The van der Waals surface area contributed by atoms with E-state index in [1.165, 1.54) is 0 Å². The molecule has 3 heteroatoms. The minimum atomic E-state index is -0.831. The highest BCUT2D eigenvalue weighted by Gasteiger charge is 2.06. The van der Waals surface area contributed by atoms with Gasteiger partial charge in [0.25, 0.3) is 0 Å². The minimum absolute atomic E-state index is 0.00174. The smallest absolute Gasteiger partial charge is 0.323 e. The van der Waals surface area contributed by atoms with Gasteiger partial charge in [-0.3, -0.25) is 4.79 Å². The third-order valence-electron chi connectivity index (χ3n) is 2.77. The molecule has 0 heterocycles. The quantitative estimate of drug-likeness (QED) is 0.894. The zero-order valence-electron chi connectivity index (χ0n) is 10.2. The van der Waals surface area contributed by atoms with Crippen molar-refractivity contribution in [3.63, 3.8) is 0 Å². The molecule has 0 aliphatic rings. The molecule has 0 saturated carbocycles. The first-order valence-electron chi connectivity index (χ1n) is 5.75. The number of aliphatic carboxylic acids is 1. The molecule has 2 aromatic carbocycles. The molecule has 0 aliphatic heterocycles. The van der Waals surface area contributed by atoms with Crippen LogP contribution in [-0.2, 0) is 4.79 Å². The molecule has 0 aromatic heterocycles. The van der Waals surface area contributed by atoms with Crippen molar-refractivity contribution < 1.29 is 9.90 Å². The van der Waals surface area contributed by atoms with E-state index in [9.17, 15) is 4.79 Å². The summed E-state index contributed by atoms with van der Waals surface area (Å²) in [5, 5.41) is 8.79. The first kappa shape index (κ1) is 12.2. The number of rotatable bonds is 4. The van der Waals surface area contributed by atoms with Crippen LogP contribution in [0.15, 0.2) is 54.6 Å². The molecular weight excluding hydrogens is 226 g/mol. The summed E-state index contributed by atoms with van der Waals surface area (Å²) >= 11 is 0. The summed E-state index contributed by atoms with van der Waals surface area (Å²) in [5.41, 5.74) is 3.12. The van der Waals surface area contributed by atoms with Crippen LogP contribution in [0.5, 0.6) is 0 Å². The highest BCUT2D eigenvalue weighted by molar-refractivity contribution is 5.75. The molecular formula is C15H15NO2. The Morgan fingerprint density at radius 2 is 1.72 bits per heavy atom. The number of carboxylic acids is 1. The van der Waals surface area contributed by atoms with Crippen molar-refractivity contribution >= 4 is 11.7 Å². The number of carboxylic acid groups (broad SMARTS) is 1. The molecule has 2 aromatic rings. The third-order valence-corrected chi connectivity index (χ3v) is 2.77. The van der Waals surface area contributed by atoms with Crippen LogP contribution in [-0.4, -0.2) is 24.7 Å². The number of nitrogens with zero attached hydrogens (tertiary/aromatic N) is 1. The molecule has 0 radical (unpaired) electrons. The highest BCUT2D eigenvalue weighted by Crippen LogP contribution is 2.23. The monoisotopic (exact) mass is 241 g/mol. The van der Waals surface area contributed by atoms with Crippen LogP contribution < -0.4 is 4.90 Å². The number of benzene rings is 2. The lowest BCUT2D eigenvalue weighted by atomic mass is 10.1. The van der Waals surface area contributed by atoms with Gasteiger partial charge in [0.1, 0.15) is 6.54 Å². The van der Waals surface area contributed by atoms with Crippen molar-refractivity contribution in [3.8, 4) is 11.1 Å². The number of hydrogen-bond acceptors (Lipinski definition) is 2. The van der Waals surface area contributed by atoms with E-state index in [-0.39, 0.29) is 6.54 Å². The fourth-order valence-corrected chi connectivity index (χ4v) is 1.85. The van der Waals surface area contributed by atoms with Crippen LogP contribution in [0.2, 0.25) is 0 Å². The van der Waals surface area contributed by atoms with Gasteiger partial charge in [-0.25, -0.2) is 0 Å². The van der Waals surface area contributed by atoms with Crippen LogP contribution >= 0.6 is 0 Å². The van der Waals surface area contributed by atoms with Gasteiger partial charge in [0.05, 0.1) is 0 Å². The first-order chi connectivity index (χ1) is 8.66. The van der Waals surface area contributed by atoms with Crippen LogP contribution in [0.4, 0.5) is 5.69 Å². The van der Waals surface area contributed by atoms with Crippen LogP contribution in [0.3, 0.4) is 0 Å². The molecule has 1 N–H and O–H groups in total. The number of hydrogen-bond donors (Lipinski definition) is 1. The zero-order valence-corrected chi connectivity index (χ0v) is 10.2. The van der Waals surface area contributed by atoms with E-state index in [2.05, 4.69) is 0 Å².